The summed E-state index contributed by atoms with van der Waals surface area (Å²) >= 11 is 0. The standard InChI is InChI=1S/C9H17NO6S/c1-2-16-3-4-17(14,15)10-6-7(11)5-8(10)9(12)13/h7-8,11H,2-6H2,1H3,(H,12,13)/t7-,8-/m1/s1. The van der Waals surface area contributed by atoms with Gasteiger partial charge in [-0.2, -0.15) is 4.31 Å². The van der Waals surface area contributed by atoms with Gasteiger partial charge in [0.2, 0.25) is 10.0 Å². The lowest BCUT2D eigenvalue weighted by atomic mass is 10.2. The molecule has 0 aromatic rings. The van der Waals surface area contributed by atoms with Gasteiger partial charge in [0.25, 0.3) is 0 Å². The molecule has 0 aromatic carbocycles. The number of hydrogen-bond donors (Lipinski definition) is 2. The zero-order valence-electron chi connectivity index (χ0n) is 9.57. The Morgan fingerprint density at radius 3 is 2.71 bits per heavy atom. The highest BCUT2D eigenvalue weighted by molar-refractivity contribution is 7.89. The Kier molecular flexibility index (Phi) is 4.87. The molecule has 8 heteroatoms. The van der Waals surface area contributed by atoms with E-state index in [1.54, 1.807) is 6.92 Å². The van der Waals surface area contributed by atoms with Gasteiger partial charge in [0, 0.05) is 19.6 Å². The third-order valence-electron chi connectivity index (χ3n) is 2.57. The van der Waals surface area contributed by atoms with Gasteiger partial charge in [-0.1, -0.05) is 0 Å². The minimum Gasteiger partial charge on any atom is -0.480 e. The minimum absolute atomic E-state index is 0.0256. The molecule has 0 amide bonds. The van der Waals surface area contributed by atoms with Gasteiger partial charge in [-0.3, -0.25) is 4.79 Å². The van der Waals surface area contributed by atoms with E-state index >= 15 is 0 Å². The number of carboxylic acid groups (broad SMARTS) is 1. The molecule has 0 bridgehead atoms. The topological polar surface area (TPSA) is 104 Å². The molecule has 2 atom stereocenters. The molecule has 17 heavy (non-hydrogen) atoms. The fourth-order valence-electron chi connectivity index (χ4n) is 1.74. The van der Waals surface area contributed by atoms with E-state index < -0.39 is 28.1 Å². The first kappa shape index (κ1) is 14.4. The van der Waals surface area contributed by atoms with E-state index in [0.717, 1.165) is 4.31 Å². The van der Waals surface area contributed by atoms with Crippen molar-refractivity contribution >= 4 is 16.0 Å². The third-order valence-corrected chi connectivity index (χ3v) is 4.37. The monoisotopic (exact) mass is 267 g/mol. The summed E-state index contributed by atoms with van der Waals surface area (Å²) < 4.78 is 29.5. The van der Waals surface area contributed by atoms with Crippen molar-refractivity contribution in [1.29, 1.82) is 0 Å². The SMILES string of the molecule is CCOCCS(=O)(=O)N1C[C@H](O)C[C@@H]1C(=O)O. The molecule has 0 aromatic heterocycles. The van der Waals surface area contributed by atoms with Gasteiger partial charge >= 0.3 is 5.97 Å². The Balaban J connectivity index is 2.72. The first-order valence-corrected chi connectivity index (χ1v) is 6.97. The Morgan fingerprint density at radius 2 is 2.18 bits per heavy atom. The number of aliphatic carboxylic acids is 1. The Bertz CT molecular complexity index is 368. The summed E-state index contributed by atoms with van der Waals surface area (Å²) in [7, 11) is -3.69. The summed E-state index contributed by atoms with van der Waals surface area (Å²) in [5.41, 5.74) is 0. The second-order valence-electron chi connectivity index (χ2n) is 3.83. The lowest BCUT2D eigenvalue weighted by molar-refractivity contribution is -0.140. The van der Waals surface area contributed by atoms with E-state index in [9.17, 15) is 18.3 Å². The number of ether oxygens (including phenoxy) is 1. The number of rotatable bonds is 6. The lowest BCUT2D eigenvalue weighted by Gasteiger charge is -2.20. The van der Waals surface area contributed by atoms with Crippen LogP contribution in [0.25, 0.3) is 0 Å². The van der Waals surface area contributed by atoms with Crippen molar-refractivity contribution in [3.05, 3.63) is 0 Å². The molecular weight excluding hydrogens is 250 g/mol. The second-order valence-corrected chi connectivity index (χ2v) is 5.87. The van der Waals surface area contributed by atoms with Crippen LogP contribution in [-0.2, 0) is 19.6 Å². The number of nitrogens with zero attached hydrogens (tertiary/aromatic N) is 1. The lowest BCUT2D eigenvalue weighted by Crippen LogP contribution is -2.42. The minimum atomic E-state index is -3.69. The Hall–Kier alpha value is -0.700. The number of hydrogen-bond acceptors (Lipinski definition) is 5. The summed E-state index contributed by atoms with van der Waals surface area (Å²) in [6.07, 6.45) is -0.985. The predicted molar refractivity (Wildman–Crippen MR) is 59.0 cm³/mol. The van der Waals surface area contributed by atoms with E-state index in [2.05, 4.69) is 0 Å². The van der Waals surface area contributed by atoms with Crippen molar-refractivity contribution in [3.8, 4) is 0 Å². The molecule has 0 aliphatic carbocycles. The van der Waals surface area contributed by atoms with E-state index in [4.69, 9.17) is 9.84 Å². The Labute approximate surface area is 100 Å². The van der Waals surface area contributed by atoms with Crippen molar-refractivity contribution in [2.24, 2.45) is 0 Å². The maximum absolute atomic E-state index is 11.8. The van der Waals surface area contributed by atoms with Crippen LogP contribution in [0.3, 0.4) is 0 Å². The normalized spacial score (nSPS) is 26.2. The van der Waals surface area contributed by atoms with Gasteiger partial charge in [0.05, 0.1) is 18.5 Å². The van der Waals surface area contributed by atoms with E-state index in [-0.39, 0.29) is 25.3 Å². The smallest absolute Gasteiger partial charge is 0.322 e. The molecule has 100 valence electrons. The van der Waals surface area contributed by atoms with Crippen LogP contribution in [0.2, 0.25) is 0 Å². The average molecular weight is 267 g/mol. The van der Waals surface area contributed by atoms with Crippen LogP contribution >= 0.6 is 0 Å². The molecular formula is C9H17NO6S. The van der Waals surface area contributed by atoms with Gasteiger partial charge < -0.3 is 14.9 Å². The zero-order valence-corrected chi connectivity index (χ0v) is 10.4. The van der Waals surface area contributed by atoms with Gasteiger partial charge in [-0.05, 0) is 6.92 Å². The number of β-amino-alcohol motifs (C(OH)–C–C–N with tert-alkyl or cyclic N) is 1. The highest BCUT2D eigenvalue weighted by atomic mass is 32.2. The molecule has 2 N–H and O–H groups in total. The van der Waals surface area contributed by atoms with Crippen LogP contribution in [0.4, 0.5) is 0 Å². The predicted octanol–water partition coefficient (Wildman–Crippen LogP) is -1.13. The first-order valence-electron chi connectivity index (χ1n) is 5.36. The quantitative estimate of drug-likeness (QED) is 0.590. The number of aliphatic hydroxyl groups excluding tert-OH is 1. The first-order chi connectivity index (χ1) is 7.88. The summed E-state index contributed by atoms with van der Waals surface area (Å²) in [5, 5.41) is 18.2. The van der Waals surface area contributed by atoms with Crippen LogP contribution in [0.15, 0.2) is 0 Å². The molecule has 7 nitrogen and oxygen atoms in total. The molecule has 1 saturated heterocycles. The number of carboxylic acids is 1. The van der Waals surface area contributed by atoms with Crippen molar-refractivity contribution in [2.45, 2.75) is 25.5 Å². The maximum atomic E-state index is 11.8. The third kappa shape index (κ3) is 3.63. The summed E-state index contributed by atoms with van der Waals surface area (Å²) in [5.74, 6) is -1.50. The van der Waals surface area contributed by atoms with Crippen molar-refractivity contribution < 1.29 is 28.2 Å². The molecule has 1 aliphatic rings. The molecule has 1 fully saturated rings. The van der Waals surface area contributed by atoms with Crippen LogP contribution in [0, 0.1) is 0 Å². The maximum Gasteiger partial charge on any atom is 0.322 e. The fraction of sp³-hybridized carbons (Fsp3) is 0.889. The molecule has 1 aliphatic heterocycles. The zero-order chi connectivity index (χ0) is 13.1. The van der Waals surface area contributed by atoms with Gasteiger partial charge in [0.1, 0.15) is 6.04 Å². The van der Waals surface area contributed by atoms with E-state index in [0.29, 0.717) is 6.61 Å². The van der Waals surface area contributed by atoms with E-state index in [1.807, 2.05) is 0 Å². The highest BCUT2D eigenvalue weighted by Crippen LogP contribution is 2.22. The summed E-state index contributed by atoms with van der Waals surface area (Å²) in [6, 6.07) is -1.17. The molecule has 1 heterocycles. The van der Waals surface area contributed by atoms with Crippen molar-refractivity contribution in [1.82, 2.24) is 4.31 Å². The van der Waals surface area contributed by atoms with Crippen molar-refractivity contribution in [3.63, 3.8) is 0 Å². The molecule has 0 saturated carbocycles. The summed E-state index contributed by atoms with van der Waals surface area (Å²) in [6.45, 7) is 2.01. The Morgan fingerprint density at radius 1 is 1.53 bits per heavy atom. The summed E-state index contributed by atoms with van der Waals surface area (Å²) in [4.78, 5) is 10.9. The molecule has 1 rings (SSSR count). The van der Waals surface area contributed by atoms with Gasteiger partial charge in [0.15, 0.2) is 0 Å². The van der Waals surface area contributed by atoms with Gasteiger partial charge in [-0.25, -0.2) is 8.42 Å². The number of carbonyl (C=O) groups is 1. The molecule has 0 radical (unpaired) electrons. The van der Waals surface area contributed by atoms with Crippen LogP contribution < -0.4 is 0 Å². The largest absolute Gasteiger partial charge is 0.480 e. The number of aliphatic hydroxyl groups is 1. The number of sulfonamides is 1. The second kappa shape index (κ2) is 5.76. The van der Waals surface area contributed by atoms with Crippen LogP contribution in [-0.4, -0.2) is 66.6 Å². The van der Waals surface area contributed by atoms with Gasteiger partial charge in [-0.15, -0.1) is 0 Å². The van der Waals surface area contributed by atoms with Crippen LogP contribution in [0.5, 0.6) is 0 Å². The highest BCUT2D eigenvalue weighted by Gasteiger charge is 2.42. The average Bonchev–Trinajstić information content (AvgIpc) is 2.61. The van der Waals surface area contributed by atoms with Crippen molar-refractivity contribution in [2.75, 3.05) is 25.5 Å². The van der Waals surface area contributed by atoms with E-state index in [1.165, 1.54) is 0 Å². The van der Waals surface area contributed by atoms with Crippen LogP contribution in [0.1, 0.15) is 13.3 Å². The molecule has 0 spiro atoms. The molecule has 0 unspecified atom stereocenters. The fourth-order valence-corrected chi connectivity index (χ4v) is 3.27.